The second-order valence-electron chi connectivity index (χ2n) is 4.23. The highest BCUT2D eigenvalue weighted by Crippen LogP contribution is 2.10. The van der Waals surface area contributed by atoms with Crippen LogP contribution in [0.25, 0.3) is 11.6 Å². The van der Waals surface area contributed by atoms with E-state index in [2.05, 4.69) is 6.58 Å². The molecule has 0 saturated carbocycles. The Bertz CT molecular complexity index is 658. The van der Waals surface area contributed by atoms with Crippen LogP contribution in [0.5, 0.6) is 0 Å². The fraction of sp³-hybridized carbons (Fsp3) is 0. The van der Waals surface area contributed by atoms with Crippen LogP contribution in [0.4, 0.5) is 0 Å². The standard InChI is InChI=1S/2C9H8O2/c1-7(9(10)11)8-5-3-2-4-6-8;10-9(11)7-6-8-4-2-1-3-5-8/h2-6H,1H2,(H,10,11);1-7H,(H,10,11). The van der Waals surface area contributed by atoms with Crippen LogP contribution in [0.2, 0.25) is 0 Å². The molecule has 0 aliphatic heterocycles. The van der Waals surface area contributed by atoms with Crippen molar-refractivity contribution in [3.63, 3.8) is 0 Å². The van der Waals surface area contributed by atoms with Gasteiger partial charge in [-0.3, -0.25) is 0 Å². The number of carboxylic acids is 2. The van der Waals surface area contributed by atoms with Gasteiger partial charge in [0.1, 0.15) is 0 Å². The molecule has 0 spiro atoms. The lowest BCUT2D eigenvalue weighted by atomic mass is 10.1. The average Bonchev–Trinajstić information content (AvgIpc) is 2.54. The summed E-state index contributed by atoms with van der Waals surface area (Å²) in [5, 5.41) is 16.8. The molecule has 4 heteroatoms. The van der Waals surface area contributed by atoms with Crippen molar-refractivity contribution in [3.05, 3.63) is 84.4 Å². The molecule has 0 amide bonds. The Morgan fingerprint density at radius 1 is 0.864 bits per heavy atom. The maximum atomic E-state index is 10.4. The number of carbonyl (C=O) groups is 2. The Balaban J connectivity index is 0.000000220. The fourth-order valence-electron chi connectivity index (χ4n) is 1.49. The highest BCUT2D eigenvalue weighted by molar-refractivity contribution is 6.14. The first kappa shape index (κ1) is 16.9. The van der Waals surface area contributed by atoms with Crippen molar-refractivity contribution < 1.29 is 19.8 Å². The second kappa shape index (κ2) is 8.92. The van der Waals surface area contributed by atoms with E-state index in [4.69, 9.17) is 10.2 Å². The quantitative estimate of drug-likeness (QED) is 0.846. The molecule has 4 nitrogen and oxygen atoms in total. The Hall–Kier alpha value is -3.14. The summed E-state index contributed by atoms with van der Waals surface area (Å²) in [5.41, 5.74) is 1.68. The minimum Gasteiger partial charge on any atom is -0.478 e. The molecule has 0 bridgehead atoms. The lowest BCUT2D eigenvalue weighted by Gasteiger charge is -1.97. The molecular weight excluding hydrogens is 280 g/mol. The predicted octanol–water partition coefficient (Wildman–Crippen LogP) is 3.57. The molecule has 112 valence electrons. The SMILES string of the molecule is C=C(C(=O)O)c1ccccc1.O=C(O)C=Cc1ccccc1. The van der Waals surface area contributed by atoms with Gasteiger partial charge in [0.25, 0.3) is 0 Å². The van der Waals surface area contributed by atoms with E-state index in [9.17, 15) is 9.59 Å². The molecule has 2 aromatic carbocycles. The van der Waals surface area contributed by atoms with Gasteiger partial charge in [0.05, 0.1) is 5.57 Å². The van der Waals surface area contributed by atoms with Gasteiger partial charge in [-0.05, 0) is 17.2 Å². The largest absolute Gasteiger partial charge is 0.478 e. The minimum atomic E-state index is -0.976. The van der Waals surface area contributed by atoms with Crippen molar-refractivity contribution in [1.82, 2.24) is 0 Å². The third-order valence-electron chi connectivity index (χ3n) is 2.60. The van der Waals surface area contributed by atoms with E-state index < -0.39 is 11.9 Å². The number of benzene rings is 2. The van der Waals surface area contributed by atoms with E-state index in [1.165, 1.54) is 0 Å². The molecule has 2 aromatic rings. The molecule has 22 heavy (non-hydrogen) atoms. The molecule has 0 atom stereocenters. The summed E-state index contributed by atoms with van der Waals surface area (Å²) in [7, 11) is 0. The molecule has 0 aliphatic carbocycles. The van der Waals surface area contributed by atoms with Gasteiger partial charge in [-0.25, -0.2) is 9.59 Å². The van der Waals surface area contributed by atoms with E-state index >= 15 is 0 Å². The van der Waals surface area contributed by atoms with Crippen LogP contribution in [0.3, 0.4) is 0 Å². The van der Waals surface area contributed by atoms with Gasteiger partial charge in [0.2, 0.25) is 0 Å². The third kappa shape index (κ3) is 6.34. The summed E-state index contributed by atoms with van der Waals surface area (Å²) in [4.78, 5) is 20.5. The molecule has 0 radical (unpaired) electrons. The smallest absolute Gasteiger partial charge is 0.335 e. The highest BCUT2D eigenvalue weighted by Gasteiger charge is 2.04. The Kier molecular flexibility index (Phi) is 6.86. The van der Waals surface area contributed by atoms with Crippen LogP contribution < -0.4 is 0 Å². The lowest BCUT2D eigenvalue weighted by molar-refractivity contribution is -0.131. The molecule has 0 saturated heterocycles. The van der Waals surface area contributed by atoms with E-state index in [1.54, 1.807) is 30.3 Å². The minimum absolute atomic E-state index is 0.130. The van der Waals surface area contributed by atoms with Crippen LogP contribution in [0.15, 0.2) is 73.3 Å². The average molecular weight is 296 g/mol. The van der Waals surface area contributed by atoms with Gasteiger partial charge in [0, 0.05) is 6.08 Å². The topological polar surface area (TPSA) is 74.6 Å². The van der Waals surface area contributed by atoms with Crippen molar-refractivity contribution in [1.29, 1.82) is 0 Å². The second-order valence-corrected chi connectivity index (χ2v) is 4.23. The summed E-state index contributed by atoms with van der Waals surface area (Å²) < 4.78 is 0. The molecule has 2 rings (SSSR count). The normalized spacial score (nSPS) is 9.64. The van der Waals surface area contributed by atoms with Gasteiger partial charge >= 0.3 is 11.9 Å². The van der Waals surface area contributed by atoms with Gasteiger partial charge in [0.15, 0.2) is 0 Å². The summed E-state index contributed by atoms with van der Waals surface area (Å²) >= 11 is 0. The molecule has 0 heterocycles. The van der Waals surface area contributed by atoms with Crippen LogP contribution >= 0.6 is 0 Å². The number of hydrogen-bond donors (Lipinski definition) is 2. The summed E-state index contributed by atoms with van der Waals surface area (Å²) in [6.45, 7) is 3.42. The first-order valence-electron chi connectivity index (χ1n) is 6.44. The first-order chi connectivity index (χ1) is 10.5. The van der Waals surface area contributed by atoms with Gasteiger partial charge < -0.3 is 10.2 Å². The van der Waals surface area contributed by atoms with E-state index in [0.717, 1.165) is 11.6 Å². The Labute approximate surface area is 128 Å². The first-order valence-corrected chi connectivity index (χ1v) is 6.44. The van der Waals surface area contributed by atoms with Crippen molar-refractivity contribution in [3.8, 4) is 0 Å². The number of rotatable bonds is 4. The van der Waals surface area contributed by atoms with Gasteiger partial charge in [-0.2, -0.15) is 0 Å². The van der Waals surface area contributed by atoms with Crippen LogP contribution in [-0.4, -0.2) is 22.2 Å². The zero-order chi connectivity index (χ0) is 16.4. The van der Waals surface area contributed by atoms with Crippen LogP contribution in [0.1, 0.15) is 11.1 Å². The summed E-state index contributed by atoms with van der Waals surface area (Å²) in [5.74, 6) is -1.90. The fourth-order valence-corrected chi connectivity index (χ4v) is 1.49. The number of carboxylic acid groups (broad SMARTS) is 2. The maximum Gasteiger partial charge on any atom is 0.335 e. The Morgan fingerprint density at radius 2 is 1.36 bits per heavy atom. The Morgan fingerprint density at radius 3 is 1.82 bits per heavy atom. The van der Waals surface area contributed by atoms with Crippen molar-refractivity contribution in [2.75, 3.05) is 0 Å². The molecule has 0 unspecified atom stereocenters. The molecule has 0 aliphatic rings. The van der Waals surface area contributed by atoms with E-state index in [-0.39, 0.29) is 5.57 Å². The lowest BCUT2D eigenvalue weighted by Crippen LogP contribution is -1.96. The highest BCUT2D eigenvalue weighted by atomic mass is 16.4. The van der Waals surface area contributed by atoms with Crippen molar-refractivity contribution in [2.24, 2.45) is 0 Å². The molecule has 0 fully saturated rings. The number of aliphatic carboxylic acids is 2. The predicted molar refractivity (Wildman–Crippen MR) is 86.2 cm³/mol. The third-order valence-corrected chi connectivity index (χ3v) is 2.60. The van der Waals surface area contributed by atoms with E-state index in [1.807, 2.05) is 36.4 Å². The maximum absolute atomic E-state index is 10.4. The molecule has 2 N–H and O–H groups in total. The van der Waals surface area contributed by atoms with Crippen LogP contribution in [-0.2, 0) is 9.59 Å². The van der Waals surface area contributed by atoms with Gasteiger partial charge in [-0.1, -0.05) is 67.2 Å². The van der Waals surface area contributed by atoms with Gasteiger partial charge in [-0.15, -0.1) is 0 Å². The number of hydrogen-bond acceptors (Lipinski definition) is 2. The van der Waals surface area contributed by atoms with E-state index in [0.29, 0.717) is 5.56 Å². The van der Waals surface area contributed by atoms with Crippen molar-refractivity contribution >= 4 is 23.6 Å². The van der Waals surface area contributed by atoms with Crippen molar-refractivity contribution in [2.45, 2.75) is 0 Å². The monoisotopic (exact) mass is 296 g/mol. The zero-order valence-corrected chi connectivity index (χ0v) is 11.8. The summed E-state index contributed by atoms with van der Waals surface area (Å²) in [6.07, 6.45) is 2.68. The zero-order valence-electron chi connectivity index (χ0n) is 11.8. The molecular formula is C18H16O4. The van der Waals surface area contributed by atoms with Crippen LogP contribution in [0, 0.1) is 0 Å². The molecule has 0 aromatic heterocycles. The summed E-state index contributed by atoms with van der Waals surface area (Å²) in [6, 6.07) is 18.1.